The Hall–Kier alpha value is -1.50. The lowest BCUT2D eigenvalue weighted by Crippen LogP contribution is -2.20. The fourth-order valence-corrected chi connectivity index (χ4v) is 0.738. The molecule has 0 aromatic rings. The van der Waals surface area contributed by atoms with E-state index in [0.29, 0.717) is 12.3 Å². The molecule has 0 radical (unpaired) electrons. The molecule has 16 heavy (non-hydrogen) atoms. The van der Waals surface area contributed by atoms with Gasteiger partial charge in [0.15, 0.2) is 0 Å². The van der Waals surface area contributed by atoms with Crippen LogP contribution in [-0.2, 0) is 9.63 Å². The molecule has 0 aliphatic heterocycles. The summed E-state index contributed by atoms with van der Waals surface area (Å²) in [6, 6.07) is 0. The first kappa shape index (κ1) is 14.5. The number of nitrogens with one attached hydrogen (secondary N) is 1. The fraction of sp³-hybridized carbons (Fsp3) is 0.667. The summed E-state index contributed by atoms with van der Waals surface area (Å²) in [7, 11) is 0. The van der Waals surface area contributed by atoms with E-state index in [0.717, 1.165) is 0 Å². The van der Waals surface area contributed by atoms with Gasteiger partial charge in [0.1, 0.15) is 11.8 Å². The lowest BCUT2D eigenvalue weighted by Gasteiger charge is -2.05. The van der Waals surface area contributed by atoms with Crippen LogP contribution in [0.15, 0.2) is 5.16 Å². The molecule has 0 aliphatic carbocycles. The van der Waals surface area contributed by atoms with Gasteiger partial charge in [0.2, 0.25) is 5.91 Å². The second kappa shape index (κ2) is 7.75. The van der Waals surface area contributed by atoms with Gasteiger partial charge in [-0.3, -0.25) is 4.79 Å². The summed E-state index contributed by atoms with van der Waals surface area (Å²) in [6.45, 7) is 9.60. The lowest BCUT2D eigenvalue weighted by atomic mass is 10.1. The van der Waals surface area contributed by atoms with Crippen molar-refractivity contribution >= 4 is 11.6 Å². The minimum absolute atomic E-state index is 0.0471. The molecule has 4 heteroatoms. The van der Waals surface area contributed by atoms with Crippen LogP contribution < -0.4 is 5.32 Å². The van der Waals surface area contributed by atoms with Crippen molar-refractivity contribution < 1.29 is 9.63 Å². The maximum absolute atomic E-state index is 10.6. The molecule has 0 bridgehead atoms. The van der Waals surface area contributed by atoms with Crippen LogP contribution in [0.1, 0.15) is 34.6 Å². The second-order valence-corrected chi connectivity index (χ2v) is 4.00. The van der Waals surface area contributed by atoms with Crippen molar-refractivity contribution in [2.45, 2.75) is 40.7 Å². The first-order chi connectivity index (χ1) is 7.43. The average Bonchev–Trinajstić information content (AvgIpc) is 2.15. The van der Waals surface area contributed by atoms with Gasteiger partial charge >= 0.3 is 0 Å². The Balaban J connectivity index is 4.33. The molecule has 0 saturated carbocycles. The van der Waals surface area contributed by atoms with Gasteiger partial charge in [-0.25, -0.2) is 0 Å². The molecule has 0 spiro atoms. The Morgan fingerprint density at radius 2 is 2.00 bits per heavy atom. The maximum atomic E-state index is 10.6. The quantitative estimate of drug-likeness (QED) is 0.447. The second-order valence-electron chi connectivity index (χ2n) is 4.00. The third-order valence-electron chi connectivity index (χ3n) is 1.55. The summed E-state index contributed by atoms with van der Waals surface area (Å²) < 4.78 is 0. The van der Waals surface area contributed by atoms with Gasteiger partial charge in [-0.15, -0.1) is 0 Å². The summed E-state index contributed by atoms with van der Waals surface area (Å²) in [6.07, 6.45) is 0.0471. The van der Waals surface area contributed by atoms with Crippen molar-refractivity contribution in [2.75, 3.05) is 6.54 Å². The first-order valence-corrected chi connectivity index (χ1v) is 5.40. The summed E-state index contributed by atoms with van der Waals surface area (Å²) in [5.74, 6) is 5.84. The number of hydrogen-bond acceptors (Lipinski definition) is 3. The molecule has 0 aromatic heterocycles. The Kier molecular flexibility index (Phi) is 7.02. The van der Waals surface area contributed by atoms with Crippen LogP contribution in [0.4, 0.5) is 0 Å². The zero-order chi connectivity index (χ0) is 12.6. The smallest absolute Gasteiger partial charge is 0.217 e. The van der Waals surface area contributed by atoms with Crippen molar-refractivity contribution in [1.29, 1.82) is 0 Å². The summed E-state index contributed by atoms with van der Waals surface area (Å²) >= 11 is 0. The molecule has 0 aliphatic rings. The largest absolute Gasteiger partial charge is 0.392 e. The van der Waals surface area contributed by atoms with E-state index in [1.165, 1.54) is 6.92 Å². The molecule has 0 saturated heterocycles. The molecule has 4 nitrogen and oxygen atoms in total. The third kappa shape index (κ3) is 7.86. The molecule has 1 N–H and O–H groups in total. The number of amides is 1. The molecule has 0 unspecified atom stereocenters. The summed E-state index contributed by atoms with van der Waals surface area (Å²) in [5.41, 5.74) is 0.694. The van der Waals surface area contributed by atoms with Crippen LogP contribution in [0.25, 0.3) is 0 Å². The Bertz CT molecular complexity index is 309. The molecular weight excluding hydrogens is 204 g/mol. The molecule has 0 aromatic carbocycles. The average molecular weight is 224 g/mol. The Morgan fingerprint density at radius 1 is 1.38 bits per heavy atom. The van der Waals surface area contributed by atoms with Crippen LogP contribution in [-0.4, -0.2) is 24.3 Å². The first-order valence-electron chi connectivity index (χ1n) is 5.40. The van der Waals surface area contributed by atoms with Gasteiger partial charge in [0, 0.05) is 12.8 Å². The summed E-state index contributed by atoms with van der Waals surface area (Å²) in [4.78, 5) is 15.7. The van der Waals surface area contributed by atoms with Gasteiger partial charge in [0.05, 0.1) is 6.54 Å². The van der Waals surface area contributed by atoms with Crippen LogP contribution >= 0.6 is 0 Å². The Labute approximate surface area is 97.4 Å². The molecule has 0 atom stereocenters. The number of nitrogens with zero attached hydrogens (tertiary/aromatic N) is 1. The van der Waals surface area contributed by atoms with E-state index in [4.69, 9.17) is 4.84 Å². The van der Waals surface area contributed by atoms with Crippen LogP contribution in [0.2, 0.25) is 0 Å². The number of carbonyl (C=O) groups is 1. The van der Waals surface area contributed by atoms with Crippen molar-refractivity contribution in [3.8, 4) is 11.8 Å². The lowest BCUT2D eigenvalue weighted by molar-refractivity contribution is -0.118. The van der Waals surface area contributed by atoms with Gasteiger partial charge in [0.25, 0.3) is 0 Å². The molecule has 1 amide bonds. The highest BCUT2D eigenvalue weighted by atomic mass is 16.6. The van der Waals surface area contributed by atoms with Gasteiger partial charge in [-0.2, -0.15) is 0 Å². The van der Waals surface area contributed by atoms with E-state index in [2.05, 4.69) is 22.3 Å². The number of rotatable bonds is 4. The fourth-order valence-electron chi connectivity index (χ4n) is 0.738. The number of hydrogen-bond donors (Lipinski definition) is 1. The van der Waals surface area contributed by atoms with E-state index < -0.39 is 0 Å². The van der Waals surface area contributed by atoms with Gasteiger partial charge in [-0.05, 0) is 19.8 Å². The topological polar surface area (TPSA) is 50.7 Å². The van der Waals surface area contributed by atoms with Gasteiger partial charge < -0.3 is 10.2 Å². The van der Waals surface area contributed by atoms with Crippen LogP contribution in [0.3, 0.4) is 0 Å². The summed E-state index contributed by atoms with van der Waals surface area (Å²) in [5, 5.41) is 6.57. The normalized spacial score (nSPS) is 11.1. The van der Waals surface area contributed by atoms with Crippen molar-refractivity contribution in [2.24, 2.45) is 11.1 Å². The Morgan fingerprint density at radius 3 is 2.44 bits per heavy atom. The SMILES string of the molecule is CC(=O)NCC#C/C(=N\OC(C)C)C(C)C. The van der Waals surface area contributed by atoms with E-state index >= 15 is 0 Å². The highest BCUT2D eigenvalue weighted by Crippen LogP contribution is 1.98. The minimum Gasteiger partial charge on any atom is -0.392 e. The maximum Gasteiger partial charge on any atom is 0.217 e. The number of oxime groups is 1. The predicted molar refractivity (Wildman–Crippen MR) is 65.0 cm³/mol. The minimum atomic E-state index is -0.0873. The third-order valence-corrected chi connectivity index (χ3v) is 1.55. The standard InChI is InChI=1S/C12H20N2O2/c1-9(2)12(14-16-10(3)4)7-6-8-13-11(5)15/h9-10H,8H2,1-5H3,(H,13,15)/b14-12+. The van der Waals surface area contributed by atoms with E-state index in [1.54, 1.807) is 0 Å². The number of carbonyl (C=O) groups excluding carboxylic acids is 1. The monoisotopic (exact) mass is 224 g/mol. The zero-order valence-corrected chi connectivity index (χ0v) is 10.6. The highest BCUT2D eigenvalue weighted by molar-refractivity contribution is 6.01. The van der Waals surface area contributed by atoms with E-state index in [-0.39, 0.29) is 17.9 Å². The van der Waals surface area contributed by atoms with Crippen LogP contribution in [0, 0.1) is 17.8 Å². The molecule has 90 valence electrons. The van der Waals surface area contributed by atoms with Crippen LogP contribution in [0.5, 0.6) is 0 Å². The van der Waals surface area contributed by atoms with E-state index in [1.807, 2.05) is 27.7 Å². The predicted octanol–water partition coefficient (Wildman–Crippen LogP) is 1.56. The van der Waals surface area contributed by atoms with Crippen molar-refractivity contribution in [3.05, 3.63) is 0 Å². The molecule has 0 fully saturated rings. The molecule has 0 rings (SSSR count). The highest BCUT2D eigenvalue weighted by Gasteiger charge is 2.02. The van der Waals surface area contributed by atoms with Crippen molar-refractivity contribution in [1.82, 2.24) is 5.32 Å². The van der Waals surface area contributed by atoms with Gasteiger partial charge in [-0.1, -0.05) is 24.9 Å². The van der Waals surface area contributed by atoms with E-state index in [9.17, 15) is 4.79 Å². The molecular formula is C12H20N2O2. The molecule has 0 heterocycles. The zero-order valence-electron chi connectivity index (χ0n) is 10.6. The van der Waals surface area contributed by atoms with Crippen molar-refractivity contribution in [3.63, 3.8) is 0 Å².